The molecule has 0 unspecified atom stereocenters. The van der Waals surface area contributed by atoms with Crippen molar-refractivity contribution in [2.45, 2.75) is 17.3 Å². The third-order valence-electron chi connectivity index (χ3n) is 2.16. The van der Waals surface area contributed by atoms with Crippen molar-refractivity contribution in [2.24, 2.45) is 0 Å². The number of alkyl halides is 3. The number of nitrogens with zero attached hydrogens (tertiary/aromatic N) is 1. The number of hydrogen-bond acceptors (Lipinski definition) is 4. The van der Waals surface area contributed by atoms with Crippen molar-refractivity contribution in [2.75, 3.05) is 13.6 Å². The maximum atomic E-state index is 12.2. The minimum absolute atomic E-state index is 0.143. The largest absolute Gasteiger partial charge is 0.477 e. The molecule has 0 amide bonds. The van der Waals surface area contributed by atoms with Crippen LogP contribution < -0.4 is 0 Å². The van der Waals surface area contributed by atoms with E-state index in [9.17, 15) is 26.4 Å². The highest BCUT2D eigenvalue weighted by molar-refractivity contribution is 7.91. The minimum Gasteiger partial charge on any atom is -0.477 e. The fourth-order valence-corrected chi connectivity index (χ4v) is 4.03. The van der Waals surface area contributed by atoms with Crippen LogP contribution in [0.3, 0.4) is 0 Å². The molecule has 0 aliphatic heterocycles. The maximum absolute atomic E-state index is 12.2. The van der Waals surface area contributed by atoms with Crippen LogP contribution in [0, 0.1) is 6.92 Å². The van der Waals surface area contributed by atoms with E-state index in [0.29, 0.717) is 11.3 Å². The summed E-state index contributed by atoms with van der Waals surface area (Å²) in [5.74, 6) is -1.32. The SMILES string of the molecule is Cc1cc(S(=O)(=O)N(C)CC(F)(F)F)sc1C(=O)O. The zero-order valence-electron chi connectivity index (χ0n) is 9.85. The smallest absolute Gasteiger partial charge is 0.402 e. The molecule has 0 aromatic carbocycles. The number of rotatable bonds is 4. The zero-order chi connectivity index (χ0) is 15.0. The molecule has 0 bridgehead atoms. The number of carboxylic acids is 1. The van der Waals surface area contributed by atoms with Crippen LogP contribution in [0.5, 0.6) is 0 Å². The third kappa shape index (κ3) is 3.67. The number of sulfonamides is 1. The molecule has 1 heterocycles. The summed E-state index contributed by atoms with van der Waals surface area (Å²) in [5, 5.41) is 8.79. The van der Waals surface area contributed by atoms with Gasteiger partial charge in [-0.25, -0.2) is 13.2 Å². The Morgan fingerprint density at radius 1 is 1.47 bits per heavy atom. The van der Waals surface area contributed by atoms with Crippen molar-refractivity contribution in [1.29, 1.82) is 0 Å². The Hall–Kier alpha value is -1.13. The lowest BCUT2D eigenvalue weighted by Gasteiger charge is -2.17. The maximum Gasteiger partial charge on any atom is 0.402 e. The number of aryl methyl sites for hydroxylation is 1. The molecule has 0 spiro atoms. The monoisotopic (exact) mass is 317 g/mol. The van der Waals surface area contributed by atoms with E-state index in [1.54, 1.807) is 0 Å². The molecule has 10 heteroatoms. The van der Waals surface area contributed by atoms with Crippen LogP contribution in [0.4, 0.5) is 13.2 Å². The molecule has 0 radical (unpaired) electrons. The van der Waals surface area contributed by atoms with Crippen LogP contribution in [0.15, 0.2) is 10.3 Å². The Balaban J connectivity index is 3.14. The molecule has 0 aliphatic carbocycles. The molecule has 0 atom stereocenters. The van der Waals surface area contributed by atoms with Crippen LogP contribution in [0.1, 0.15) is 15.2 Å². The molecule has 0 fully saturated rings. The van der Waals surface area contributed by atoms with Gasteiger partial charge in [0.1, 0.15) is 15.6 Å². The number of thiophene rings is 1. The van der Waals surface area contributed by atoms with E-state index in [1.165, 1.54) is 6.92 Å². The molecule has 1 rings (SSSR count). The zero-order valence-corrected chi connectivity index (χ0v) is 11.5. The number of aromatic carboxylic acids is 1. The summed E-state index contributed by atoms with van der Waals surface area (Å²) in [6.45, 7) is -0.253. The van der Waals surface area contributed by atoms with E-state index < -0.39 is 32.9 Å². The van der Waals surface area contributed by atoms with Crippen LogP contribution >= 0.6 is 11.3 Å². The molecular weight excluding hydrogens is 307 g/mol. The molecule has 1 N–H and O–H groups in total. The summed E-state index contributed by atoms with van der Waals surface area (Å²) in [6.07, 6.45) is -4.66. The predicted molar refractivity (Wildman–Crippen MR) is 61.9 cm³/mol. The van der Waals surface area contributed by atoms with Crippen molar-refractivity contribution < 1.29 is 31.5 Å². The number of carbonyl (C=O) groups is 1. The lowest BCUT2D eigenvalue weighted by Crippen LogP contribution is -2.35. The molecule has 0 saturated heterocycles. The van der Waals surface area contributed by atoms with E-state index in [-0.39, 0.29) is 14.7 Å². The van der Waals surface area contributed by atoms with Crippen LogP contribution in [-0.4, -0.2) is 43.6 Å². The van der Waals surface area contributed by atoms with Gasteiger partial charge in [-0.1, -0.05) is 0 Å². The molecule has 0 aliphatic rings. The van der Waals surface area contributed by atoms with Gasteiger partial charge in [0.15, 0.2) is 0 Å². The van der Waals surface area contributed by atoms with Gasteiger partial charge < -0.3 is 5.11 Å². The fraction of sp³-hybridized carbons (Fsp3) is 0.444. The molecule has 0 saturated carbocycles. The minimum atomic E-state index is -4.66. The molecule has 1 aromatic rings. The number of carboxylic acid groups (broad SMARTS) is 1. The summed E-state index contributed by atoms with van der Waals surface area (Å²) < 4.78 is 59.9. The highest BCUT2D eigenvalue weighted by atomic mass is 32.2. The summed E-state index contributed by atoms with van der Waals surface area (Å²) in [6, 6.07) is 1.05. The van der Waals surface area contributed by atoms with Crippen LogP contribution in [0.25, 0.3) is 0 Å². The van der Waals surface area contributed by atoms with Gasteiger partial charge in [0.05, 0.1) is 0 Å². The van der Waals surface area contributed by atoms with Crippen molar-refractivity contribution in [3.63, 3.8) is 0 Å². The van der Waals surface area contributed by atoms with Gasteiger partial charge in [-0.3, -0.25) is 0 Å². The first-order valence-electron chi connectivity index (χ1n) is 4.82. The van der Waals surface area contributed by atoms with Crippen LogP contribution in [-0.2, 0) is 10.0 Å². The average Bonchev–Trinajstić information content (AvgIpc) is 2.58. The lowest BCUT2D eigenvalue weighted by molar-refractivity contribution is -0.134. The predicted octanol–water partition coefficient (Wildman–Crippen LogP) is 1.94. The van der Waals surface area contributed by atoms with Crippen molar-refractivity contribution >= 4 is 27.3 Å². The first-order valence-corrected chi connectivity index (χ1v) is 7.07. The van der Waals surface area contributed by atoms with Gasteiger partial charge in [-0.2, -0.15) is 17.5 Å². The first kappa shape index (κ1) is 15.9. The second-order valence-corrected chi connectivity index (χ2v) is 7.08. The standard InChI is InChI=1S/C9H10F3NO4S2/c1-5-3-6(18-7(5)8(14)15)19(16,17)13(2)4-9(10,11)12/h3H,4H2,1-2H3,(H,14,15). The summed E-state index contributed by atoms with van der Waals surface area (Å²) in [5.41, 5.74) is 0.191. The Bertz CT molecular complexity index is 591. The van der Waals surface area contributed by atoms with E-state index in [4.69, 9.17) is 5.11 Å². The highest BCUT2D eigenvalue weighted by Gasteiger charge is 2.35. The van der Waals surface area contributed by atoms with Crippen molar-refractivity contribution in [3.8, 4) is 0 Å². The molecule has 5 nitrogen and oxygen atoms in total. The highest BCUT2D eigenvalue weighted by Crippen LogP contribution is 2.29. The van der Waals surface area contributed by atoms with Crippen molar-refractivity contribution in [3.05, 3.63) is 16.5 Å². The summed E-state index contributed by atoms with van der Waals surface area (Å²) in [4.78, 5) is 10.6. The average molecular weight is 317 g/mol. The molecule has 19 heavy (non-hydrogen) atoms. The van der Waals surface area contributed by atoms with Crippen LogP contribution in [0.2, 0.25) is 0 Å². The second kappa shape index (κ2) is 5.10. The van der Waals surface area contributed by atoms with Crippen molar-refractivity contribution in [1.82, 2.24) is 4.31 Å². The van der Waals surface area contributed by atoms with Gasteiger partial charge in [-0.05, 0) is 18.6 Å². The fourth-order valence-electron chi connectivity index (χ4n) is 1.28. The molecule has 108 valence electrons. The summed E-state index contributed by atoms with van der Waals surface area (Å²) >= 11 is 0.432. The number of hydrogen-bond donors (Lipinski definition) is 1. The Kier molecular flexibility index (Phi) is 4.27. The Morgan fingerprint density at radius 3 is 2.37 bits per heavy atom. The topological polar surface area (TPSA) is 74.7 Å². The van der Waals surface area contributed by atoms with Gasteiger partial charge in [0.25, 0.3) is 10.0 Å². The first-order chi connectivity index (χ1) is 8.45. The van der Waals surface area contributed by atoms with E-state index in [0.717, 1.165) is 13.1 Å². The third-order valence-corrected chi connectivity index (χ3v) is 5.63. The van der Waals surface area contributed by atoms with E-state index >= 15 is 0 Å². The molecular formula is C9H10F3NO4S2. The number of halogens is 3. The van der Waals surface area contributed by atoms with Gasteiger partial charge >= 0.3 is 12.1 Å². The van der Waals surface area contributed by atoms with Gasteiger partial charge in [0.2, 0.25) is 0 Å². The Morgan fingerprint density at radius 2 is 2.00 bits per heavy atom. The van der Waals surface area contributed by atoms with Gasteiger partial charge in [-0.15, -0.1) is 11.3 Å². The summed E-state index contributed by atoms with van der Waals surface area (Å²) in [7, 11) is -3.55. The van der Waals surface area contributed by atoms with E-state index in [1.807, 2.05) is 0 Å². The Labute approximate surface area is 111 Å². The second-order valence-electron chi connectivity index (χ2n) is 3.76. The van der Waals surface area contributed by atoms with E-state index in [2.05, 4.69) is 0 Å². The normalized spacial score (nSPS) is 12.9. The lowest BCUT2D eigenvalue weighted by atomic mass is 10.3. The quantitative estimate of drug-likeness (QED) is 0.921. The van der Waals surface area contributed by atoms with Gasteiger partial charge in [0, 0.05) is 7.05 Å². The molecule has 1 aromatic heterocycles.